The van der Waals surface area contributed by atoms with Crippen LogP contribution >= 0.6 is 23.5 Å². The van der Waals surface area contributed by atoms with Gasteiger partial charge in [-0.25, -0.2) is 0 Å². The number of phenolic OH excluding ortho intramolecular Hbond substituents is 2. The van der Waals surface area contributed by atoms with E-state index in [2.05, 4.69) is 11.0 Å². The van der Waals surface area contributed by atoms with Crippen molar-refractivity contribution in [3.05, 3.63) is 119 Å². The average molecular weight is 623 g/mol. The molecule has 10 heteroatoms. The van der Waals surface area contributed by atoms with Crippen LogP contribution in [0.1, 0.15) is 33.0 Å². The number of nitrogens with zero attached hydrogens (tertiary/aromatic N) is 4. The third-order valence-electron chi connectivity index (χ3n) is 8.02. The van der Waals surface area contributed by atoms with Gasteiger partial charge in [-0.2, -0.15) is 0 Å². The number of aliphatic imine (C=N–C) groups is 1. The standard InChI is InChI=1S/C34H30N4O4S2/c39-28-13-3-1-11-26(28)33-37(30(41)20-43-33)24-9-5-7-22(17-24)19-36-16-15-35-32(36)23-8-6-10-25(18-23)38-31(42)21-44-34(38)27-12-2-4-14-29(27)40/h1-14,17-18,33-34,39-40H,15-16,19-21H2. The van der Waals surface area contributed by atoms with Gasteiger partial charge in [-0.15, -0.1) is 23.5 Å². The average Bonchev–Trinajstić information content (AvgIpc) is 3.76. The van der Waals surface area contributed by atoms with E-state index in [9.17, 15) is 19.8 Å². The molecule has 0 spiro atoms. The Balaban J connectivity index is 1.13. The van der Waals surface area contributed by atoms with Crippen molar-refractivity contribution in [2.24, 2.45) is 4.99 Å². The number of amidine groups is 1. The molecule has 2 atom stereocenters. The van der Waals surface area contributed by atoms with Gasteiger partial charge in [0, 0.05) is 41.2 Å². The minimum absolute atomic E-state index is 0.000756. The first kappa shape index (κ1) is 28.4. The summed E-state index contributed by atoms with van der Waals surface area (Å²) in [6.45, 7) is 2.02. The third-order valence-corrected chi connectivity index (χ3v) is 10.4. The molecule has 222 valence electrons. The lowest BCUT2D eigenvalue weighted by Gasteiger charge is -2.27. The van der Waals surface area contributed by atoms with Crippen LogP contribution in [0.3, 0.4) is 0 Å². The van der Waals surface area contributed by atoms with Crippen molar-refractivity contribution in [1.29, 1.82) is 0 Å². The van der Waals surface area contributed by atoms with Crippen molar-refractivity contribution in [2.45, 2.75) is 17.3 Å². The van der Waals surface area contributed by atoms with E-state index in [4.69, 9.17) is 4.99 Å². The SMILES string of the molecule is O=C1CSC(c2ccccc2O)N1c1cccc(CN2CCN=C2c2cccc(N3C(=O)CSC3c3ccccc3O)c2)c1. The van der Waals surface area contributed by atoms with Crippen LogP contribution in [0.2, 0.25) is 0 Å². The lowest BCUT2D eigenvalue weighted by molar-refractivity contribution is -0.116. The van der Waals surface area contributed by atoms with Crippen LogP contribution < -0.4 is 9.80 Å². The molecule has 7 rings (SSSR count). The second-order valence-corrected chi connectivity index (χ2v) is 13.0. The number of phenols is 2. The fraction of sp³-hybridized carbons (Fsp3) is 0.206. The number of benzene rings is 4. The fourth-order valence-corrected chi connectivity index (χ4v) is 8.40. The Bertz CT molecular complexity index is 1780. The molecule has 3 aliphatic rings. The first-order valence-electron chi connectivity index (χ1n) is 14.4. The van der Waals surface area contributed by atoms with Gasteiger partial charge < -0.3 is 15.1 Å². The molecule has 4 aromatic rings. The molecule has 2 amide bonds. The summed E-state index contributed by atoms with van der Waals surface area (Å²) >= 11 is 3.02. The van der Waals surface area contributed by atoms with Crippen molar-refractivity contribution in [3.63, 3.8) is 0 Å². The van der Waals surface area contributed by atoms with Gasteiger partial charge >= 0.3 is 0 Å². The zero-order valence-corrected chi connectivity index (χ0v) is 25.4. The van der Waals surface area contributed by atoms with Gasteiger partial charge in [-0.1, -0.05) is 60.7 Å². The smallest absolute Gasteiger partial charge is 0.238 e. The number of thioether (sulfide) groups is 2. The first-order valence-corrected chi connectivity index (χ1v) is 16.5. The molecular formula is C34H30N4O4S2. The highest BCUT2D eigenvalue weighted by Crippen LogP contribution is 2.46. The highest BCUT2D eigenvalue weighted by molar-refractivity contribution is 8.01. The van der Waals surface area contributed by atoms with Crippen LogP contribution in [0.25, 0.3) is 0 Å². The van der Waals surface area contributed by atoms with Crippen molar-refractivity contribution in [3.8, 4) is 11.5 Å². The minimum atomic E-state index is -0.309. The number of carbonyl (C=O) groups is 2. The molecule has 4 aromatic carbocycles. The van der Waals surface area contributed by atoms with Gasteiger partial charge in [0.2, 0.25) is 11.8 Å². The van der Waals surface area contributed by atoms with Gasteiger partial charge in [0.15, 0.2) is 0 Å². The van der Waals surface area contributed by atoms with Crippen LogP contribution in [-0.2, 0) is 16.1 Å². The van der Waals surface area contributed by atoms with Gasteiger partial charge in [-0.3, -0.25) is 24.4 Å². The maximum atomic E-state index is 13.0. The predicted molar refractivity (Wildman–Crippen MR) is 176 cm³/mol. The third kappa shape index (κ3) is 5.28. The second kappa shape index (κ2) is 11.9. The van der Waals surface area contributed by atoms with E-state index in [0.29, 0.717) is 30.2 Å². The summed E-state index contributed by atoms with van der Waals surface area (Å²) < 4.78 is 0. The zero-order chi connectivity index (χ0) is 30.2. The van der Waals surface area contributed by atoms with E-state index in [0.717, 1.165) is 40.4 Å². The molecule has 0 saturated carbocycles. The number of hydrogen-bond donors (Lipinski definition) is 2. The van der Waals surface area contributed by atoms with Crippen molar-refractivity contribution in [2.75, 3.05) is 34.4 Å². The maximum absolute atomic E-state index is 13.0. The number of hydrogen-bond acceptors (Lipinski definition) is 8. The Morgan fingerprint density at radius 3 is 1.89 bits per heavy atom. The van der Waals surface area contributed by atoms with E-state index >= 15 is 0 Å². The topological polar surface area (TPSA) is 96.7 Å². The number of anilines is 2. The normalized spacial score (nSPS) is 20.1. The summed E-state index contributed by atoms with van der Waals surface area (Å²) in [5.41, 5.74) is 4.96. The molecule has 2 N–H and O–H groups in total. The van der Waals surface area contributed by atoms with Crippen LogP contribution in [0.5, 0.6) is 11.5 Å². The second-order valence-electron chi connectivity index (χ2n) is 10.8. The van der Waals surface area contributed by atoms with Crippen molar-refractivity contribution in [1.82, 2.24) is 4.90 Å². The molecule has 2 saturated heterocycles. The maximum Gasteiger partial charge on any atom is 0.238 e. The highest BCUT2D eigenvalue weighted by atomic mass is 32.2. The van der Waals surface area contributed by atoms with Gasteiger partial charge in [0.1, 0.15) is 28.1 Å². The van der Waals surface area contributed by atoms with Crippen molar-refractivity contribution >= 4 is 52.5 Å². The van der Waals surface area contributed by atoms with E-state index in [-0.39, 0.29) is 34.1 Å². The molecule has 3 aliphatic heterocycles. The van der Waals surface area contributed by atoms with Crippen LogP contribution in [-0.4, -0.2) is 57.4 Å². The van der Waals surface area contributed by atoms with Crippen LogP contribution in [0, 0.1) is 0 Å². The first-order chi connectivity index (χ1) is 21.5. The van der Waals surface area contributed by atoms with E-state index in [1.54, 1.807) is 34.1 Å². The summed E-state index contributed by atoms with van der Waals surface area (Å²) in [6.07, 6.45) is 0. The van der Waals surface area contributed by atoms with E-state index in [1.165, 1.54) is 23.5 Å². The summed E-state index contributed by atoms with van der Waals surface area (Å²) in [5, 5.41) is 20.4. The van der Waals surface area contributed by atoms with E-state index < -0.39 is 0 Å². The van der Waals surface area contributed by atoms with Gasteiger partial charge in [0.25, 0.3) is 0 Å². The van der Waals surface area contributed by atoms with E-state index in [1.807, 2.05) is 66.7 Å². The summed E-state index contributed by atoms with van der Waals surface area (Å²) in [6, 6.07) is 30.2. The molecule has 44 heavy (non-hydrogen) atoms. The Kier molecular flexibility index (Phi) is 7.69. The van der Waals surface area contributed by atoms with Crippen molar-refractivity contribution < 1.29 is 19.8 Å². The molecule has 2 fully saturated rings. The minimum Gasteiger partial charge on any atom is -0.508 e. The largest absolute Gasteiger partial charge is 0.508 e. The van der Waals surface area contributed by atoms with Gasteiger partial charge in [0.05, 0.1) is 18.1 Å². The molecule has 0 bridgehead atoms. The number of aromatic hydroxyl groups is 2. The number of rotatable bonds is 7. The number of carbonyl (C=O) groups excluding carboxylic acids is 2. The number of para-hydroxylation sites is 2. The summed E-state index contributed by atoms with van der Waals surface area (Å²) in [5.74, 6) is 1.92. The molecule has 2 unspecified atom stereocenters. The quantitative estimate of drug-likeness (QED) is 0.264. The molecule has 8 nitrogen and oxygen atoms in total. The lowest BCUT2D eigenvalue weighted by atomic mass is 10.1. The lowest BCUT2D eigenvalue weighted by Crippen LogP contribution is -2.30. The summed E-state index contributed by atoms with van der Waals surface area (Å²) in [4.78, 5) is 36.6. The zero-order valence-electron chi connectivity index (χ0n) is 23.7. The Hall–Kier alpha value is -4.41. The van der Waals surface area contributed by atoms with Crippen LogP contribution in [0.4, 0.5) is 11.4 Å². The van der Waals surface area contributed by atoms with Crippen LogP contribution in [0.15, 0.2) is 102 Å². The predicted octanol–water partition coefficient (Wildman–Crippen LogP) is 5.92. The van der Waals surface area contributed by atoms with Gasteiger partial charge in [-0.05, 0) is 42.0 Å². The molecule has 3 heterocycles. The Labute approximate surface area is 264 Å². The number of amides is 2. The molecular weight excluding hydrogens is 593 g/mol. The molecule has 0 aliphatic carbocycles. The fourth-order valence-electron chi connectivity index (χ4n) is 5.99. The molecule has 0 radical (unpaired) electrons. The highest BCUT2D eigenvalue weighted by Gasteiger charge is 2.37. The summed E-state index contributed by atoms with van der Waals surface area (Å²) in [7, 11) is 0. The molecule has 0 aromatic heterocycles. The Morgan fingerprint density at radius 2 is 1.27 bits per heavy atom. The Morgan fingerprint density at radius 1 is 0.705 bits per heavy atom. The monoisotopic (exact) mass is 622 g/mol.